The monoisotopic (exact) mass is 377 g/mol. The molecule has 0 aliphatic carbocycles. The van der Waals surface area contributed by atoms with Crippen molar-refractivity contribution in [3.8, 4) is 11.5 Å². The van der Waals surface area contributed by atoms with Crippen molar-refractivity contribution in [2.75, 3.05) is 27.3 Å². The number of urea groups is 1. The summed E-state index contributed by atoms with van der Waals surface area (Å²) in [5, 5.41) is 5.41. The van der Waals surface area contributed by atoms with E-state index < -0.39 is 11.6 Å². The number of nitrogens with one attached hydrogen (secondary N) is 2. The van der Waals surface area contributed by atoms with Crippen molar-refractivity contribution in [2.24, 2.45) is 0 Å². The largest absolute Gasteiger partial charge is 0.493 e. The Bertz CT molecular complexity index is 721. The highest BCUT2D eigenvalue weighted by Crippen LogP contribution is 2.27. The predicted octanol–water partition coefficient (Wildman–Crippen LogP) is 1.47. The number of carbonyl (C=O) groups is 3. The van der Waals surface area contributed by atoms with Crippen LogP contribution in [0.15, 0.2) is 18.2 Å². The molecule has 1 aliphatic heterocycles. The van der Waals surface area contributed by atoms with Crippen LogP contribution in [0.5, 0.6) is 11.5 Å². The number of benzene rings is 1. The van der Waals surface area contributed by atoms with Crippen molar-refractivity contribution < 1.29 is 23.9 Å². The Morgan fingerprint density at radius 2 is 1.93 bits per heavy atom. The molecule has 0 bridgehead atoms. The molecule has 1 aromatic rings. The average Bonchev–Trinajstić information content (AvgIpc) is 2.85. The molecule has 1 saturated heterocycles. The number of ether oxygens (including phenoxy) is 2. The molecule has 1 atom stereocenters. The van der Waals surface area contributed by atoms with Gasteiger partial charge in [0.1, 0.15) is 12.1 Å². The van der Waals surface area contributed by atoms with Crippen LogP contribution in [0.4, 0.5) is 4.79 Å². The van der Waals surface area contributed by atoms with Gasteiger partial charge in [-0.1, -0.05) is 19.4 Å². The van der Waals surface area contributed by atoms with Crippen molar-refractivity contribution in [3.63, 3.8) is 0 Å². The van der Waals surface area contributed by atoms with Gasteiger partial charge in [-0.2, -0.15) is 0 Å². The first kappa shape index (κ1) is 20.5. The van der Waals surface area contributed by atoms with E-state index in [1.165, 1.54) is 0 Å². The van der Waals surface area contributed by atoms with Crippen LogP contribution in [0.2, 0.25) is 0 Å². The molecule has 1 aromatic carbocycles. The third-order valence-corrected chi connectivity index (χ3v) is 4.58. The lowest BCUT2D eigenvalue weighted by molar-refractivity contribution is -0.134. The number of carbonyl (C=O) groups excluding carboxylic acids is 3. The molecular weight excluding hydrogens is 350 g/mol. The van der Waals surface area contributed by atoms with E-state index in [0.29, 0.717) is 30.9 Å². The second kappa shape index (κ2) is 8.75. The van der Waals surface area contributed by atoms with Crippen LogP contribution in [0.25, 0.3) is 0 Å². The van der Waals surface area contributed by atoms with Gasteiger partial charge in [-0.25, -0.2) is 4.79 Å². The van der Waals surface area contributed by atoms with Crippen molar-refractivity contribution >= 4 is 17.8 Å². The molecule has 8 nitrogen and oxygen atoms in total. The van der Waals surface area contributed by atoms with Gasteiger partial charge in [-0.05, 0) is 37.5 Å². The van der Waals surface area contributed by atoms with Crippen LogP contribution in [0, 0.1) is 0 Å². The zero-order valence-electron chi connectivity index (χ0n) is 16.3. The number of hydrogen-bond acceptors (Lipinski definition) is 5. The minimum Gasteiger partial charge on any atom is -0.493 e. The Morgan fingerprint density at radius 1 is 1.22 bits per heavy atom. The van der Waals surface area contributed by atoms with Gasteiger partial charge in [0.05, 0.1) is 14.2 Å². The molecule has 0 unspecified atom stereocenters. The fourth-order valence-corrected chi connectivity index (χ4v) is 3.14. The number of amides is 4. The summed E-state index contributed by atoms with van der Waals surface area (Å²) in [7, 11) is 3.13. The van der Waals surface area contributed by atoms with E-state index in [9.17, 15) is 14.4 Å². The fraction of sp³-hybridized carbons (Fsp3) is 0.526. The summed E-state index contributed by atoms with van der Waals surface area (Å²) in [5.74, 6) is 0.527. The van der Waals surface area contributed by atoms with Gasteiger partial charge in [-0.3, -0.25) is 14.5 Å². The highest BCUT2D eigenvalue weighted by Gasteiger charge is 2.47. The van der Waals surface area contributed by atoms with Gasteiger partial charge < -0.3 is 20.1 Å². The summed E-state index contributed by atoms with van der Waals surface area (Å²) >= 11 is 0. The van der Waals surface area contributed by atoms with Gasteiger partial charge in [0.25, 0.3) is 5.91 Å². The van der Waals surface area contributed by atoms with Crippen LogP contribution in [0.1, 0.15) is 32.3 Å². The summed E-state index contributed by atoms with van der Waals surface area (Å²) in [6.07, 6.45) is 1.88. The molecule has 1 fully saturated rings. The molecule has 2 rings (SSSR count). The molecule has 0 radical (unpaired) electrons. The zero-order chi connectivity index (χ0) is 20.0. The molecule has 0 aromatic heterocycles. The van der Waals surface area contributed by atoms with Crippen LogP contribution in [0.3, 0.4) is 0 Å². The normalized spacial score (nSPS) is 19.0. The maximum atomic E-state index is 12.4. The van der Waals surface area contributed by atoms with E-state index in [-0.39, 0.29) is 18.4 Å². The van der Waals surface area contributed by atoms with Gasteiger partial charge in [-0.15, -0.1) is 0 Å². The van der Waals surface area contributed by atoms with E-state index in [1.807, 2.05) is 19.1 Å². The minimum absolute atomic E-state index is 0.282. The summed E-state index contributed by atoms with van der Waals surface area (Å²) in [5.41, 5.74) is 0.0460. The van der Waals surface area contributed by atoms with Gasteiger partial charge >= 0.3 is 6.03 Å². The number of methoxy groups -OCH3 is 2. The summed E-state index contributed by atoms with van der Waals surface area (Å²) in [6.45, 7) is 3.72. The van der Waals surface area contributed by atoms with Crippen LogP contribution < -0.4 is 20.1 Å². The highest BCUT2D eigenvalue weighted by atomic mass is 16.5. The highest BCUT2D eigenvalue weighted by molar-refractivity contribution is 6.08. The lowest BCUT2D eigenvalue weighted by atomic mass is 9.96. The van der Waals surface area contributed by atoms with E-state index in [0.717, 1.165) is 16.9 Å². The number of nitrogens with zero attached hydrogens (tertiary/aromatic N) is 1. The molecule has 27 heavy (non-hydrogen) atoms. The van der Waals surface area contributed by atoms with Crippen molar-refractivity contribution in [2.45, 2.75) is 38.6 Å². The van der Waals surface area contributed by atoms with Gasteiger partial charge in [0, 0.05) is 6.54 Å². The molecule has 0 spiro atoms. The minimum atomic E-state index is -0.925. The smallest absolute Gasteiger partial charge is 0.325 e. The summed E-state index contributed by atoms with van der Waals surface area (Å²) < 4.78 is 10.4. The molecule has 4 amide bonds. The first-order valence-electron chi connectivity index (χ1n) is 8.96. The maximum Gasteiger partial charge on any atom is 0.325 e. The fourth-order valence-electron chi connectivity index (χ4n) is 3.14. The SMILES string of the molecule is CCC[C@]1(C)NC(=O)N(CC(=O)NCCc2ccc(OC)c(OC)c2)C1=O. The standard InChI is InChI=1S/C19H27N3O5/c1-5-9-19(2)17(24)22(18(25)21-19)12-16(23)20-10-8-13-6-7-14(26-3)15(11-13)27-4/h6-7,11H,5,8-10,12H2,1-4H3,(H,20,23)(H,21,25)/t19-/m0/s1. The third-order valence-electron chi connectivity index (χ3n) is 4.58. The lowest BCUT2D eigenvalue weighted by Gasteiger charge is -2.20. The summed E-state index contributed by atoms with van der Waals surface area (Å²) in [6, 6.07) is 5.02. The molecular formula is C19H27N3O5. The Labute approximate surface area is 159 Å². The first-order valence-corrected chi connectivity index (χ1v) is 8.96. The molecule has 8 heteroatoms. The van der Waals surface area contributed by atoms with Crippen LogP contribution in [-0.4, -0.2) is 55.6 Å². The summed E-state index contributed by atoms with van der Waals surface area (Å²) in [4.78, 5) is 37.6. The van der Waals surface area contributed by atoms with E-state index in [1.54, 1.807) is 27.2 Å². The topological polar surface area (TPSA) is 97.0 Å². The van der Waals surface area contributed by atoms with E-state index >= 15 is 0 Å². The quantitative estimate of drug-likeness (QED) is 0.635. The Morgan fingerprint density at radius 3 is 2.56 bits per heavy atom. The molecule has 1 heterocycles. The second-order valence-corrected chi connectivity index (χ2v) is 6.69. The Hall–Kier alpha value is -2.77. The predicted molar refractivity (Wildman–Crippen MR) is 99.8 cm³/mol. The Kier molecular flexibility index (Phi) is 6.65. The van der Waals surface area contributed by atoms with Crippen molar-refractivity contribution in [1.29, 1.82) is 0 Å². The third kappa shape index (κ3) is 4.69. The van der Waals surface area contributed by atoms with Crippen LogP contribution in [-0.2, 0) is 16.0 Å². The zero-order valence-corrected chi connectivity index (χ0v) is 16.3. The van der Waals surface area contributed by atoms with Crippen LogP contribution >= 0.6 is 0 Å². The Balaban J connectivity index is 1.86. The lowest BCUT2D eigenvalue weighted by Crippen LogP contribution is -2.45. The number of hydrogen-bond donors (Lipinski definition) is 2. The first-order chi connectivity index (χ1) is 12.8. The maximum absolute atomic E-state index is 12.4. The second-order valence-electron chi connectivity index (χ2n) is 6.69. The van der Waals surface area contributed by atoms with E-state index in [4.69, 9.17) is 9.47 Å². The number of rotatable bonds is 9. The van der Waals surface area contributed by atoms with Crippen molar-refractivity contribution in [3.05, 3.63) is 23.8 Å². The molecule has 148 valence electrons. The van der Waals surface area contributed by atoms with E-state index in [2.05, 4.69) is 10.6 Å². The number of imide groups is 1. The van der Waals surface area contributed by atoms with Gasteiger partial charge in [0.15, 0.2) is 11.5 Å². The van der Waals surface area contributed by atoms with Gasteiger partial charge in [0.2, 0.25) is 5.91 Å². The molecule has 2 N–H and O–H groups in total. The van der Waals surface area contributed by atoms with Crippen molar-refractivity contribution in [1.82, 2.24) is 15.5 Å². The molecule has 1 aliphatic rings. The average molecular weight is 377 g/mol. The molecule has 0 saturated carbocycles.